The van der Waals surface area contributed by atoms with E-state index in [1.165, 1.54) is 0 Å². The monoisotopic (exact) mass is 460 g/mol. The molecule has 2 aliphatic rings. The molecule has 1 aliphatic heterocycles. The molecule has 0 bridgehead atoms. The average molecular weight is 461 g/mol. The highest BCUT2D eigenvalue weighted by molar-refractivity contribution is 7.92. The highest BCUT2D eigenvalue weighted by Crippen LogP contribution is 2.51. The Kier molecular flexibility index (Phi) is 5.41. The molecule has 0 amide bonds. The summed E-state index contributed by atoms with van der Waals surface area (Å²) in [6.07, 6.45) is 5.34. The van der Waals surface area contributed by atoms with Crippen molar-refractivity contribution in [3.05, 3.63) is 95.1 Å². The number of para-hydroxylation sites is 1. The molecule has 0 fully saturated rings. The van der Waals surface area contributed by atoms with Gasteiger partial charge in [-0.2, -0.15) is 0 Å². The number of hydrogen-bond donors (Lipinski definition) is 2. The molecule has 3 aromatic carbocycles. The first-order valence-electron chi connectivity index (χ1n) is 11.2. The van der Waals surface area contributed by atoms with Crippen LogP contribution in [0.1, 0.15) is 40.6 Å². The number of anilines is 2. The Morgan fingerprint density at radius 1 is 1.00 bits per heavy atom. The molecular formula is C27H28N2O3S. The van der Waals surface area contributed by atoms with E-state index >= 15 is 0 Å². The van der Waals surface area contributed by atoms with Crippen molar-refractivity contribution in [2.45, 2.75) is 37.1 Å². The van der Waals surface area contributed by atoms with Crippen molar-refractivity contribution in [1.29, 1.82) is 0 Å². The second-order valence-electron chi connectivity index (χ2n) is 8.89. The minimum Gasteiger partial charge on any atom is -0.496 e. The molecule has 5 nitrogen and oxygen atoms in total. The highest BCUT2D eigenvalue weighted by Gasteiger charge is 2.39. The van der Waals surface area contributed by atoms with Crippen LogP contribution >= 0.6 is 0 Å². The molecule has 3 aromatic rings. The van der Waals surface area contributed by atoms with Gasteiger partial charge in [-0.15, -0.1) is 0 Å². The number of fused-ring (bicyclic) bond motifs is 3. The molecule has 6 heteroatoms. The fourth-order valence-electron chi connectivity index (χ4n) is 5.10. The summed E-state index contributed by atoms with van der Waals surface area (Å²) in [5, 5.41) is 3.67. The van der Waals surface area contributed by atoms with Crippen LogP contribution in [0.2, 0.25) is 0 Å². The Balaban J connectivity index is 1.50. The molecule has 0 saturated carbocycles. The van der Waals surface area contributed by atoms with Crippen LogP contribution in [0.15, 0.2) is 77.7 Å². The molecule has 3 atom stereocenters. The predicted molar refractivity (Wildman–Crippen MR) is 133 cm³/mol. The molecule has 0 radical (unpaired) electrons. The molecule has 0 saturated heterocycles. The molecule has 0 unspecified atom stereocenters. The van der Waals surface area contributed by atoms with Gasteiger partial charge in [-0.3, -0.25) is 4.72 Å². The lowest BCUT2D eigenvalue weighted by Crippen LogP contribution is -2.29. The minimum atomic E-state index is -3.71. The lowest BCUT2D eigenvalue weighted by molar-refractivity contribution is 0.381. The van der Waals surface area contributed by atoms with Gasteiger partial charge in [0.2, 0.25) is 0 Å². The van der Waals surface area contributed by atoms with Crippen LogP contribution in [0.25, 0.3) is 0 Å². The van der Waals surface area contributed by atoms with Crippen molar-refractivity contribution in [2.75, 3.05) is 17.1 Å². The normalized spacial score (nSPS) is 21.1. The van der Waals surface area contributed by atoms with Crippen LogP contribution in [0.4, 0.5) is 11.4 Å². The van der Waals surface area contributed by atoms with Gasteiger partial charge in [0, 0.05) is 17.2 Å². The van der Waals surface area contributed by atoms with Crippen LogP contribution in [0, 0.1) is 19.8 Å². The number of hydrogen-bond acceptors (Lipinski definition) is 4. The molecular weight excluding hydrogens is 432 g/mol. The third-order valence-corrected chi connectivity index (χ3v) is 8.11. The lowest BCUT2D eigenvalue weighted by Gasteiger charge is -2.38. The first-order valence-corrected chi connectivity index (χ1v) is 12.7. The van der Waals surface area contributed by atoms with Crippen molar-refractivity contribution in [1.82, 2.24) is 0 Å². The number of benzene rings is 3. The summed E-state index contributed by atoms with van der Waals surface area (Å²) < 4.78 is 34.8. The minimum absolute atomic E-state index is 0.0874. The molecule has 1 aliphatic carbocycles. The third kappa shape index (κ3) is 3.89. The largest absolute Gasteiger partial charge is 0.496 e. The van der Waals surface area contributed by atoms with E-state index in [2.05, 4.69) is 28.3 Å². The van der Waals surface area contributed by atoms with Crippen molar-refractivity contribution in [3.63, 3.8) is 0 Å². The summed E-state index contributed by atoms with van der Waals surface area (Å²) >= 11 is 0. The van der Waals surface area contributed by atoms with Crippen molar-refractivity contribution < 1.29 is 13.2 Å². The molecule has 0 spiro atoms. The SMILES string of the molecule is COc1ccccc1[C@H]1Nc2ccc(S(=O)(=O)Nc3ccc(C)cc3C)cc2[C@H]2C=CC[C@H]21. The van der Waals surface area contributed by atoms with Crippen LogP contribution in [-0.4, -0.2) is 15.5 Å². The van der Waals surface area contributed by atoms with E-state index in [0.29, 0.717) is 11.6 Å². The van der Waals surface area contributed by atoms with E-state index in [1.807, 2.05) is 62.4 Å². The molecule has 0 aromatic heterocycles. The van der Waals surface area contributed by atoms with Gasteiger partial charge in [-0.05, 0) is 67.6 Å². The lowest BCUT2D eigenvalue weighted by atomic mass is 9.77. The highest BCUT2D eigenvalue weighted by atomic mass is 32.2. The maximum atomic E-state index is 13.2. The van der Waals surface area contributed by atoms with Crippen molar-refractivity contribution in [3.8, 4) is 5.75 Å². The van der Waals surface area contributed by atoms with E-state index in [4.69, 9.17) is 4.74 Å². The number of rotatable bonds is 5. The molecule has 33 heavy (non-hydrogen) atoms. The summed E-state index contributed by atoms with van der Waals surface area (Å²) in [7, 11) is -2.01. The fourth-order valence-corrected chi connectivity index (χ4v) is 6.27. The first-order chi connectivity index (χ1) is 15.9. The first kappa shape index (κ1) is 21.6. The molecule has 2 N–H and O–H groups in total. The Hall–Kier alpha value is -3.25. The number of methoxy groups -OCH3 is 1. The zero-order chi connectivity index (χ0) is 23.2. The second kappa shape index (κ2) is 8.27. The summed E-state index contributed by atoms with van der Waals surface area (Å²) in [4.78, 5) is 0.276. The summed E-state index contributed by atoms with van der Waals surface area (Å²) in [5.41, 5.74) is 5.70. The van der Waals surface area contributed by atoms with Crippen LogP contribution < -0.4 is 14.8 Å². The van der Waals surface area contributed by atoms with Crippen LogP contribution in [-0.2, 0) is 10.0 Å². The number of nitrogens with one attached hydrogen (secondary N) is 2. The zero-order valence-corrected chi connectivity index (χ0v) is 19.8. The second-order valence-corrected chi connectivity index (χ2v) is 10.6. The predicted octanol–water partition coefficient (Wildman–Crippen LogP) is 5.94. The Morgan fingerprint density at radius 2 is 1.82 bits per heavy atom. The Bertz CT molecular complexity index is 1350. The van der Waals surface area contributed by atoms with Gasteiger partial charge >= 0.3 is 0 Å². The van der Waals surface area contributed by atoms with Crippen molar-refractivity contribution >= 4 is 21.4 Å². The van der Waals surface area contributed by atoms with Crippen LogP contribution in [0.3, 0.4) is 0 Å². The molecule has 1 heterocycles. The smallest absolute Gasteiger partial charge is 0.261 e. The van der Waals surface area contributed by atoms with E-state index in [0.717, 1.165) is 40.1 Å². The van der Waals surface area contributed by atoms with Gasteiger partial charge in [0.05, 0.1) is 23.7 Å². The standard InChI is InChI=1S/C27H28N2O3S/c1-17-11-13-24(18(2)15-17)29-33(30,31)19-12-14-25-23(16-19)20-8-6-9-21(20)27(28-25)22-7-4-5-10-26(22)32-3/h4-8,10-16,20-21,27-29H,9H2,1-3H3/t20-,21+,27-/m0/s1. The third-order valence-electron chi connectivity index (χ3n) is 6.74. The number of ether oxygens (including phenoxy) is 1. The average Bonchev–Trinajstić information content (AvgIpc) is 3.30. The van der Waals surface area contributed by atoms with E-state index in [9.17, 15) is 8.42 Å². The van der Waals surface area contributed by atoms with Gasteiger partial charge < -0.3 is 10.1 Å². The maximum Gasteiger partial charge on any atom is 0.261 e. The Morgan fingerprint density at radius 3 is 2.61 bits per heavy atom. The van der Waals surface area contributed by atoms with Crippen molar-refractivity contribution in [2.24, 2.45) is 5.92 Å². The summed E-state index contributed by atoms with van der Waals surface area (Å²) in [5.74, 6) is 1.30. The molecule has 170 valence electrons. The van der Waals surface area contributed by atoms with Gasteiger partial charge in [-0.1, -0.05) is 48.0 Å². The quantitative estimate of drug-likeness (QED) is 0.463. The maximum absolute atomic E-state index is 13.2. The summed E-state index contributed by atoms with van der Waals surface area (Å²) in [6, 6.07) is 19.3. The van der Waals surface area contributed by atoms with Crippen LogP contribution in [0.5, 0.6) is 5.75 Å². The molecule has 5 rings (SSSR count). The van der Waals surface area contributed by atoms with E-state index < -0.39 is 10.0 Å². The fraction of sp³-hybridized carbons (Fsp3) is 0.259. The summed E-state index contributed by atoms with van der Waals surface area (Å²) in [6.45, 7) is 3.90. The van der Waals surface area contributed by atoms with Gasteiger partial charge in [0.15, 0.2) is 0 Å². The van der Waals surface area contributed by atoms with E-state index in [1.54, 1.807) is 13.2 Å². The number of aryl methyl sites for hydroxylation is 2. The van der Waals surface area contributed by atoms with E-state index in [-0.39, 0.29) is 16.9 Å². The van der Waals surface area contributed by atoms with Gasteiger partial charge in [-0.25, -0.2) is 8.42 Å². The zero-order valence-electron chi connectivity index (χ0n) is 19.0. The van der Waals surface area contributed by atoms with Gasteiger partial charge in [0.25, 0.3) is 10.0 Å². The topological polar surface area (TPSA) is 67.4 Å². The number of allylic oxidation sites excluding steroid dienone is 2. The Labute approximate surface area is 195 Å². The number of sulfonamides is 1. The van der Waals surface area contributed by atoms with Gasteiger partial charge in [0.1, 0.15) is 5.75 Å².